The molecule has 4 N–H and O–H groups in total. The summed E-state index contributed by atoms with van der Waals surface area (Å²) >= 11 is 0. The largest absolute Gasteiger partial charge is 0.382 e. The van der Waals surface area contributed by atoms with Gasteiger partial charge in [0.25, 0.3) is 0 Å². The molecule has 2 aromatic heterocycles. The zero-order valence-corrected chi connectivity index (χ0v) is 22.3. The summed E-state index contributed by atoms with van der Waals surface area (Å²) in [6.45, 7) is 7.76. The number of rotatable bonds is 9. The molecule has 204 valence electrons. The molecular weight excluding hydrogens is 488 g/mol. The van der Waals surface area contributed by atoms with Crippen LogP contribution in [0, 0.1) is 0 Å². The molecule has 4 heterocycles. The molecule has 12 heteroatoms. The lowest BCUT2D eigenvalue weighted by Crippen LogP contribution is -2.40. The minimum absolute atomic E-state index is 0.248. The first-order chi connectivity index (χ1) is 18.2. The lowest BCUT2D eigenvalue weighted by molar-refractivity contribution is -0.197. The molecule has 38 heavy (non-hydrogen) atoms. The highest BCUT2D eigenvalue weighted by atomic mass is 16.8. The minimum atomic E-state index is -0.742. The van der Waals surface area contributed by atoms with Crippen molar-refractivity contribution in [3.05, 3.63) is 42.5 Å². The fourth-order valence-electron chi connectivity index (χ4n) is 5.29. The second-order valence-electron chi connectivity index (χ2n) is 10.3. The predicted molar refractivity (Wildman–Crippen MR) is 142 cm³/mol. The Labute approximate surface area is 221 Å². The van der Waals surface area contributed by atoms with Crippen molar-refractivity contribution in [2.45, 2.75) is 63.9 Å². The quantitative estimate of drug-likeness (QED) is 0.430. The molecule has 5 rings (SSSR count). The van der Waals surface area contributed by atoms with Crippen LogP contribution in [0.15, 0.2) is 36.9 Å². The summed E-state index contributed by atoms with van der Waals surface area (Å²) in [7, 11) is 2.03. The number of amides is 2. The van der Waals surface area contributed by atoms with E-state index in [1.807, 2.05) is 49.7 Å². The van der Waals surface area contributed by atoms with Crippen LogP contribution in [0.1, 0.15) is 39.0 Å². The second-order valence-corrected chi connectivity index (χ2v) is 10.3. The van der Waals surface area contributed by atoms with Gasteiger partial charge in [-0.1, -0.05) is 19.1 Å². The lowest BCUT2D eigenvalue weighted by atomic mass is 10.1. The molecular formula is C26H36N8O4. The van der Waals surface area contributed by atoms with Gasteiger partial charge in [0.15, 0.2) is 23.5 Å². The molecule has 2 amide bonds. The number of anilines is 2. The molecule has 2 fully saturated rings. The van der Waals surface area contributed by atoms with Gasteiger partial charge in [0.05, 0.1) is 6.33 Å². The Hall–Kier alpha value is -3.32. The maximum absolute atomic E-state index is 12.2. The molecule has 4 atom stereocenters. The van der Waals surface area contributed by atoms with Crippen LogP contribution in [0.2, 0.25) is 0 Å². The molecule has 3 aromatic rings. The van der Waals surface area contributed by atoms with Crippen LogP contribution < -0.4 is 16.4 Å². The number of urea groups is 1. The van der Waals surface area contributed by atoms with Gasteiger partial charge in [-0.05, 0) is 58.0 Å². The Bertz CT molecular complexity index is 1300. The van der Waals surface area contributed by atoms with Crippen LogP contribution in [0.5, 0.6) is 0 Å². The highest BCUT2D eigenvalue weighted by Gasteiger charge is 2.56. The number of carbonyl (C=O) groups is 1. The van der Waals surface area contributed by atoms with Crippen molar-refractivity contribution >= 4 is 28.7 Å². The van der Waals surface area contributed by atoms with Gasteiger partial charge in [-0.2, -0.15) is 0 Å². The summed E-state index contributed by atoms with van der Waals surface area (Å²) < 4.78 is 20.9. The van der Waals surface area contributed by atoms with E-state index in [0.717, 1.165) is 30.6 Å². The van der Waals surface area contributed by atoms with E-state index in [-0.39, 0.29) is 18.3 Å². The fourth-order valence-corrected chi connectivity index (χ4v) is 5.29. The van der Waals surface area contributed by atoms with Gasteiger partial charge in [-0.15, -0.1) is 0 Å². The normalized spacial score (nSPS) is 24.2. The first-order valence-corrected chi connectivity index (χ1v) is 13.0. The standard InChI is InChI=1S/C26H36N8O4/c1-5-16-8-6-9-17(12-16)33(25(28)35)11-7-10-32(4)13-18-20-21(38-26(2,3)37-20)24(36-18)34-15-31-19-22(27)29-14-30-23(19)34/h6,8-9,12,14-15,18,20-21,24H,5,7,10-11,13H2,1-4H3,(H2,28,35)(H2,27,29,30)/t18-,20-,21-,24-/m1/s1. The number of carbonyl (C=O) groups excluding carboxylic acids is 1. The maximum atomic E-state index is 12.2. The van der Waals surface area contributed by atoms with E-state index in [2.05, 4.69) is 26.8 Å². The van der Waals surface area contributed by atoms with Gasteiger partial charge in [0.1, 0.15) is 30.2 Å². The number of nitrogens with zero attached hydrogens (tertiary/aromatic N) is 6. The topological polar surface area (TPSA) is 147 Å². The number of imidazole rings is 1. The van der Waals surface area contributed by atoms with E-state index in [1.165, 1.54) is 6.33 Å². The van der Waals surface area contributed by atoms with Gasteiger partial charge < -0.3 is 30.6 Å². The van der Waals surface area contributed by atoms with Crippen LogP contribution in [0.4, 0.5) is 16.3 Å². The molecule has 1 aromatic carbocycles. The number of aromatic nitrogens is 4. The van der Waals surface area contributed by atoms with Crippen molar-refractivity contribution in [1.29, 1.82) is 0 Å². The first kappa shape index (κ1) is 26.3. The van der Waals surface area contributed by atoms with Crippen molar-refractivity contribution in [3.8, 4) is 0 Å². The van der Waals surface area contributed by atoms with Gasteiger partial charge in [0.2, 0.25) is 0 Å². The summed E-state index contributed by atoms with van der Waals surface area (Å²) in [5.41, 5.74) is 14.8. The number of likely N-dealkylation sites (N-methyl/N-ethyl adjacent to an activating group) is 1. The maximum Gasteiger partial charge on any atom is 0.319 e. The summed E-state index contributed by atoms with van der Waals surface area (Å²) in [5, 5.41) is 0. The van der Waals surface area contributed by atoms with Gasteiger partial charge in [-0.3, -0.25) is 9.47 Å². The summed E-state index contributed by atoms with van der Waals surface area (Å²) in [6.07, 6.45) is 3.37. The monoisotopic (exact) mass is 524 g/mol. The van der Waals surface area contributed by atoms with E-state index < -0.39 is 18.0 Å². The SMILES string of the molecule is CCc1cccc(N(CCCN(C)C[C@H]2O[C@@H](n3cnc4c(N)ncnc43)[C@@H]3OC(C)(C)O[C@@H]32)C(N)=O)c1. The lowest BCUT2D eigenvalue weighted by Gasteiger charge is -2.27. The summed E-state index contributed by atoms with van der Waals surface area (Å²) in [6, 6.07) is 7.47. The highest BCUT2D eigenvalue weighted by molar-refractivity contribution is 5.90. The third-order valence-electron chi connectivity index (χ3n) is 7.10. The average Bonchev–Trinajstić information content (AvgIpc) is 3.53. The minimum Gasteiger partial charge on any atom is -0.382 e. The Morgan fingerprint density at radius 1 is 1.16 bits per heavy atom. The van der Waals surface area contributed by atoms with Gasteiger partial charge >= 0.3 is 6.03 Å². The van der Waals surface area contributed by atoms with Crippen LogP contribution in [-0.2, 0) is 20.6 Å². The van der Waals surface area contributed by atoms with Crippen LogP contribution in [0.3, 0.4) is 0 Å². The van der Waals surface area contributed by atoms with Crippen molar-refractivity contribution in [3.63, 3.8) is 0 Å². The number of benzene rings is 1. The Balaban J connectivity index is 1.25. The van der Waals surface area contributed by atoms with Crippen molar-refractivity contribution in [1.82, 2.24) is 24.4 Å². The zero-order chi connectivity index (χ0) is 27.0. The zero-order valence-electron chi connectivity index (χ0n) is 22.3. The third-order valence-corrected chi connectivity index (χ3v) is 7.10. The van der Waals surface area contributed by atoms with E-state index >= 15 is 0 Å². The molecule has 2 aliphatic rings. The average molecular weight is 525 g/mol. The molecule has 0 saturated carbocycles. The smallest absolute Gasteiger partial charge is 0.319 e. The van der Waals surface area contributed by atoms with Gasteiger partial charge in [0, 0.05) is 18.8 Å². The Morgan fingerprint density at radius 3 is 2.71 bits per heavy atom. The molecule has 0 unspecified atom stereocenters. The molecule has 0 radical (unpaired) electrons. The number of nitrogens with two attached hydrogens (primary N) is 2. The number of ether oxygens (including phenoxy) is 3. The summed E-state index contributed by atoms with van der Waals surface area (Å²) in [4.78, 5) is 28.7. The summed E-state index contributed by atoms with van der Waals surface area (Å²) in [5.74, 6) is -0.428. The van der Waals surface area contributed by atoms with Crippen LogP contribution in [0.25, 0.3) is 11.2 Å². The number of hydrogen-bond donors (Lipinski definition) is 2. The van der Waals surface area contributed by atoms with Crippen LogP contribution >= 0.6 is 0 Å². The van der Waals surface area contributed by atoms with Crippen molar-refractivity contribution in [2.75, 3.05) is 37.3 Å². The molecule has 2 aliphatic heterocycles. The fraction of sp³-hybridized carbons (Fsp3) is 0.538. The predicted octanol–water partition coefficient (Wildman–Crippen LogP) is 2.30. The molecule has 0 bridgehead atoms. The number of aryl methyl sites for hydroxylation is 1. The molecule has 0 aliphatic carbocycles. The van der Waals surface area contributed by atoms with E-state index in [1.54, 1.807) is 11.2 Å². The van der Waals surface area contributed by atoms with Crippen molar-refractivity contribution < 1.29 is 19.0 Å². The van der Waals surface area contributed by atoms with E-state index in [4.69, 9.17) is 25.7 Å². The third kappa shape index (κ3) is 5.17. The Kier molecular flexibility index (Phi) is 7.23. The van der Waals surface area contributed by atoms with Crippen LogP contribution in [-0.4, -0.2) is 81.2 Å². The number of fused-ring (bicyclic) bond motifs is 2. The number of hydrogen-bond acceptors (Lipinski definition) is 9. The van der Waals surface area contributed by atoms with Crippen molar-refractivity contribution in [2.24, 2.45) is 5.73 Å². The Morgan fingerprint density at radius 2 is 1.95 bits per heavy atom. The number of nitrogen functional groups attached to an aromatic ring is 1. The van der Waals surface area contributed by atoms with E-state index in [9.17, 15) is 4.79 Å². The second kappa shape index (κ2) is 10.4. The first-order valence-electron chi connectivity index (χ1n) is 13.0. The number of primary amides is 1. The molecule has 0 spiro atoms. The van der Waals surface area contributed by atoms with Gasteiger partial charge in [-0.25, -0.2) is 19.7 Å². The van der Waals surface area contributed by atoms with E-state index in [0.29, 0.717) is 30.1 Å². The molecule has 12 nitrogen and oxygen atoms in total. The highest BCUT2D eigenvalue weighted by Crippen LogP contribution is 2.44. The molecule has 2 saturated heterocycles.